The molecule has 2 atom stereocenters. The van der Waals surface area contributed by atoms with Crippen LogP contribution in [0.15, 0.2) is 54.6 Å². The highest BCUT2D eigenvalue weighted by molar-refractivity contribution is 5.77. The average Bonchev–Trinajstić information content (AvgIpc) is 2.61. The zero-order chi connectivity index (χ0) is 16.1. The molecule has 1 amide bonds. The lowest BCUT2D eigenvalue weighted by Gasteiger charge is -2.26. The Bertz CT molecular complexity index is 654. The third-order valence-corrected chi connectivity index (χ3v) is 4.69. The van der Waals surface area contributed by atoms with Crippen LogP contribution >= 0.6 is 0 Å². The highest BCUT2D eigenvalue weighted by atomic mass is 16.2. The van der Waals surface area contributed by atoms with Crippen LogP contribution in [0, 0.1) is 0 Å². The number of aryl methyl sites for hydroxylation is 1. The number of benzene rings is 2. The first-order valence-corrected chi connectivity index (χ1v) is 8.49. The van der Waals surface area contributed by atoms with Crippen molar-refractivity contribution in [3.8, 4) is 0 Å². The Kier molecular flexibility index (Phi) is 5.09. The maximum atomic E-state index is 12.3. The number of amides is 1. The van der Waals surface area contributed by atoms with Crippen LogP contribution in [0.2, 0.25) is 0 Å². The van der Waals surface area contributed by atoms with Crippen LogP contribution in [-0.2, 0) is 11.2 Å². The van der Waals surface area contributed by atoms with Gasteiger partial charge in [0.1, 0.15) is 6.04 Å². The van der Waals surface area contributed by atoms with E-state index in [2.05, 4.69) is 54.0 Å². The van der Waals surface area contributed by atoms with Crippen molar-refractivity contribution in [1.82, 2.24) is 5.32 Å². The van der Waals surface area contributed by atoms with Crippen LogP contribution in [0.4, 0.5) is 0 Å². The molecule has 120 valence electrons. The second-order valence-corrected chi connectivity index (χ2v) is 6.35. The lowest BCUT2D eigenvalue weighted by Crippen LogP contribution is -2.87. The van der Waals surface area contributed by atoms with Crippen LogP contribution in [0.5, 0.6) is 0 Å². The summed E-state index contributed by atoms with van der Waals surface area (Å²) in [6.07, 6.45) is 3.31. The maximum Gasteiger partial charge on any atom is 0.275 e. The van der Waals surface area contributed by atoms with Gasteiger partial charge in [-0.05, 0) is 37.3 Å². The molecule has 0 saturated carbocycles. The summed E-state index contributed by atoms with van der Waals surface area (Å²) in [5.41, 5.74) is 3.93. The van der Waals surface area contributed by atoms with Crippen LogP contribution in [0.25, 0.3) is 0 Å². The van der Waals surface area contributed by atoms with Crippen molar-refractivity contribution in [2.45, 2.75) is 38.3 Å². The Balaban J connectivity index is 1.54. The number of hydrogen-bond acceptors (Lipinski definition) is 1. The van der Waals surface area contributed by atoms with Crippen molar-refractivity contribution in [3.63, 3.8) is 0 Å². The van der Waals surface area contributed by atoms with E-state index in [4.69, 9.17) is 0 Å². The van der Waals surface area contributed by atoms with Crippen LogP contribution in [-0.4, -0.2) is 12.5 Å². The SMILES string of the molecule is C[C@H]([NH2+]CC(=O)N[C@@H]1CCCc2ccccc21)c1ccccc1. The van der Waals surface area contributed by atoms with Gasteiger partial charge in [0.2, 0.25) is 0 Å². The fraction of sp³-hybridized carbons (Fsp3) is 0.350. The maximum absolute atomic E-state index is 12.3. The van der Waals surface area contributed by atoms with Gasteiger partial charge in [-0.1, -0.05) is 54.6 Å². The molecular weight excluding hydrogens is 284 g/mol. The van der Waals surface area contributed by atoms with E-state index in [1.165, 1.54) is 16.7 Å². The molecule has 2 aromatic rings. The number of hydrogen-bond donors (Lipinski definition) is 2. The Morgan fingerprint density at radius 2 is 1.91 bits per heavy atom. The molecule has 1 aliphatic rings. The molecule has 23 heavy (non-hydrogen) atoms. The number of quaternary nitrogens is 1. The normalized spacial score (nSPS) is 18.0. The third kappa shape index (κ3) is 3.99. The second-order valence-electron chi connectivity index (χ2n) is 6.35. The minimum atomic E-state index is 0.120. The van der Waals surface area contributed by atoms with E-state index in [0.717, 1.165) is 19.3 Å². The molecule has 0 spiro atoms. The zero-order valence-corrected chi connectivity index (χ0v) is 13.7. The summed E-state index contributed by atoms with van der Waals surface area (Å²) in [6.45, 7) is 2.60. The van der Waals surface area contributed by atoms with Gasteiger partial charge in [-0.15, -0.1) is 0 Å². The molecule has 3 rings (SSSR count). The fourth-order valence-corrected chi connectivity index (χ4v) is 3.33. The zero-order valence-electron chi connectivity index (χ0n) is 13.7. The highest BCUT2D eigenvalue weighted by Crippen LogP contribution is 2.29. The smallest absolute Gasteiger partial charge is 0.275 e. The molecule has 0 saturated heterocycles. The summed E-state index contributed by atoms with van der Waals surface area (Å²) in [7, 11) is 0. The van der Waals surface area contributed by atoms with Gasteiger partial charge in [-0.2, -0.15) is 0 Å². The van der Waals surface area contributed by atoms with Gasteiger partial charge in [0.05, 0.1) is 6.04 Å². The first-order valence-electron chi connectivity index (χ1n) is 8.49. The van der Waals surface area contributed by atoms with E-state index in [0.29, 0.717) is 12.6 Å². The number of nitrogens with one attached hydrogen (secondary N) is 1. The minimum Gasteiger partial charge on any atom is -0.344 e. The number of carbonyl (C=O) groups excluding carboxylic acids is 1. The minimum absolute atomic E-state index is 0.120. The van der Waals surface area contributed by atoms with E-state index in [9.17, 15) is 4.79 Å². The van der Waals surface area contributed by atoms with Gasteiger partial charge in [0, 0.05) is 5.56 Å². The lowest BCUT2D eigenvalue weighted by atomic mass is 9.88. The fourth-order valence-electron chi connectivity index (χ4n) is 3.33. The largest absolute Gasteiger partial charge is 0.344 e. The molecule has 0 bridgehead atoms. The number of carbonyl (C=O) groups is 1. The van der Waals surface area contributed by atoms with E-state index < -0.39 is 0 Å². The van der Waals surface area contributed by atoms with Gasteiger partial charge in [-0.25, -0.2) is 0 Å². The number of nitrogens with two attached hydrogens (primary N) is 1. The van der Waals surface area contributed by atoms with Gasteiger partial charge >= 0.3 is 0 Å². The molecule has 3 nitrogen and oxygen atoms in total. The summed E-state index contributed by atoms with van der Waals surface area (Å²) >= 11 is 0. The predicted molar refractivity (Wildman–Crippen MR) is 91.9 cm³/mol. The summed E-state index contributed by atoms with van der Waals surface area (Å²) in [4.78, 5) is 12.3. The number of fused-ring (bicyclic) bond motifs is 1. The highest BCUT2D eigenvalue weighted by Gasteiger charge is 2.22. The van der Waals surface area contributed by atoms with Gasteiger partial charge in [0.25, 0.3) is 5.91 Å². The molecule has 3 heteroatoms. The summed E-state index contributed by atoms with van der Waals surface area (Å²) < 4.78 is 0. The van der Waals surface area contributed by atoms with E-state index >= 15 is 0 Å². The van der Waals surface area contributed by atoms with Crippen LogP contribution in [0.1, 0.15) is 48.5 Å². The van der Waals surface area contributed by atoms with E-state index in [1.54, 1.807) is 0 Å². The van der Waals surface area contributed by atoms with Crippen molar-refractivity contribution in [3.05, 3.63) is 71.3 Å². The van der Waals surface area contributed by atoms with E-state index in [1.807, 2.05) is 18.2 Å². The molecule has 0 unspecified atom stereocenters. The van der Waals surface area contributed by atoms with Crippen molar-refractivity contribution >= 4 is 5.91 Å². The second kappa shape index (κ2) is 7.42. The van der Waals surface area contributed by atoms with Gasteiger partial charge in [-0.3, -0.25) is 4.79 Å². The summed E-state index contributed by atoms with van der Waals surface area (Å²) in [5.74, 6) is 0.120. The molecule has 0 radical (unpaired) electrons. The lowest BCUT2D eigenvalue weighted by molar-refractivity contribution is -0.682. The number of rotatable bonds is 5. The van der Waals surface area contributed by atoms with Crippen LogP contribution in [0.3, 0.4) is 0 Å². The monoisotopic (exact) mass is 309 g/mol. The Hall–Kier alpha value is -2.13. The Morgan fingerprint density at radius 3 is 2.74 bits per heavy atom. The first kappa shape index (κ1) is 15.8. The molecular formula is C20H25N2O+. The predicted octanol–water partition coefficient (Wildman–Crippen LogP) is 2.50. The van der Waals surface area contributed by atoms with E-state index in [-0.39, 0.29) is 11.9 Å². The Morgan fingerprint density at radius 1 is 1.17 bits per heavy atom. The standard InChI is InChI=1S/C20H24N2O/c1-15(16-8-3-2-4-9-16)21-14-20(23)22-19-13-7-11-17-10-5-6-12-18(17)19/h2-6,8-10,12,15,19,21H,7,11,13-14H2,1H3,(H,22,23)/p+1/t15-,19+/m0/s1. The van der Waals surface area contributed by atoms with Gasteiger partial charge < -0.3 is 10.6 Å². The molecule has 1 aliphatic carbocycles. The van der Waals surface area contributed by atoms with Crippen molar-refractivity contribution in [2.24, 2.45) is 0 Å². The van der Waals surface area contributed by atoms with Gasteiger partial charge in [0.15, 0.2) is 6.54 Å². The van der Waals surface area contributed by atoms with Crippen molar-refractivity contribution in [2.75, 3.05) is 6.54 Å². The van der Waals surface area contributed by atoms with Crippen LogP contribution < -0.4 is 10.6 Å². The van der Waals surface area contributed by atoms with Crippen molar-refractivity contribution in [1.29, 1.82) is 0 Å². The quantitative estimate of drug-likeness (QED) is 0.876. The molecule has 0 aromatic heterocycles. The first-order chi connectivity index (χ1) is 11.2. The molecule has 3 N–H and O–H groups in total. The van der Waals surface area contributed by atoms with Crippen molar-refractivity contribution < 1.29 is 10.1 Å². The molecule has 0 aliphatic heterocycles. The molecule has 2 aromatic carbocycles. The molecule has 0 fully saturated rings. The average molecular weight is 309 g/mol. The summed E-state index contributed by atoms with van der Waals surface area (Å²) in [6, 6.07) is 19.2. The topological polar surface area (TPSA) is 45.7 Å². The third-order valence-electron chi connectivity index (χ3n) is 4.69. The molecule has 0 heterocycles. The summed E-state index contributed by atoms with van der Waals surface area (Å²) in [5, 5.41) is 5.31. The Labute approximate surface area is 138 Å².